The Morgan fingerprint density at radius 3 is 2.90 bits per heavy atom. The molecule has 2 rings (SSSR count). The van der Waals surface area contributed by atoms with Crippen LogP contribution in [0.5, 0.6) is 0 Å². The first-order valence-electron chi connectivity index (χ1n) is 7.13. The molecular weight excluding hydrogens is 250 g/mol. The fraction of sp³-hybridized carbons (Fsp3) is 0.471. The van der Waals surface area contributed by atoms with Crippen LogP contribution >= 0.6 is 0 Å². The van der Waals surface area contributed by atoms with Gasteiger partial charge < -0.3 is 10.4 Å². The van der Waals surface area contributed by atoms with Crippen LogP contribution in [0.4, 0.5) is 5.69 Å². The van der Waals surface area contributed by atoms with Crippen molar-refractivity contribution >= 4 is 11.6 Å². The molecule has 1 amide bonds. The molecular formula is C17H21NO2. The van der Waals surface area contributed by atoms with Gasteiger partial charge >= 0.3 is 0 Å². The molecule has 0 aliphatic heterocycles. The van der Waals surface area contributed by atoms with Crippen LogP contribution in [0, 0.1) is 30.6 Å². The van der Waals surface area contributed by atoms with E-state index in [0.29, 0.717) is 12.3 Å². The van der Waals surface area contributed by atoms with Gasteiger partial charge in [0, 0.05) is 17.9 Å². The molecule has 0 spiro atoms. The molecule has 0 bridgehead atoms. The third kappa shape index (κ3) is 3.85. The van der Waals surface area contributed by atoms with Crippen LogP contribution in [-0.4, -0.2) is 17.6 Å². The monoisotopic (exact) mass is 271 g/mol. The van der Waals surface area contributed by atoms with Crippen LogP contribution in [0.1, 0.15) is 37.3 Å². The minimum Gasteiger partial charge on any atom is -0.395 e. The molecule has 20 heavy (non-hydrogen) atoms. The number of benzene rings is 1. The Balaban J connectivity index is 2.14. The normalized spacial score (nSPS) is 15.2. The maximum absolute atomic E-state index is 12.2. The van der Waals surface area contributed by atoms with Crippen molar-refractivity contribution in [1.29, 1.82) is 0 Å². The molecule has 1 unspecified atom stereocenters. The van der Waals surface area contributed by atoms with Gasteiger partial charge in [-0.3, -0.25) is 4.79 Å². The van der Waals surface area contributed by atoms with Gasteiger partial charge in [-0.25, -0.2) is 0 Å². The Bertz CT molecular complexity index is 550. The molecule has 1 aliphatic rings. The summed E-state index contributed by atoms with van der Waals surface area (Å²) in [6.45, 7) is 4.03. The number of aliphatic hydroxyl groups excluding tert-OH is 1. The number of hydrogen-bond donors (Lipinski definition) is 2. The van der Waals surface area contributed by atoms with Crippen molar-refractivity contribution in [3.05, 3.63) is 29.3 Å². The molecule has 1 saturated carbocycles. The average Bonchev–Trinajstić information content (AvgIpc) is 3.25. The maximum atomic E-state index is 12.2. The summed E-state index contributed by atoms with van der Waals surface area (Å²) in [4.78, 5) is 12.2. The van der Waals surface area contributed by atoms with E-state index in [4.69, 9.17) is 5.11 Å². The summed E-state index contributed by atoms with van der Waals surface area (Å²) in [6, 6.07) is 5.83. The molecule has 106 valence electrons. The van der Waals surface area contributed by atoms with Gasteiger partial charge in [-0.05, 0) is 43.4 Å². The summed E-state index contributed by atoms with van der Waals surface area (Å²) >= 11 is 0. The minimum atomic E-state index is 0.0548. The fourth-order valence-electron chi connectivity index (χ4n) is 2.14. The van der Waals surface area contributed by atoms with Gasteiger partial charge in [0.15, 0.2) is 0 Å². The average molecular weight is 271 g/mol. The van der Waals surface area contributed by atoms with Crippen molar-refractivity contribution in [3.63, 3.8) is 0 Å². The predicted octanol–water partition coefficient (Wildman–Crippen LogP) is 2.71. The van der Waals surface area contributed by atoms with E-state index in [1.807, 2.05) is 32.0 Å². The van der Waals surface area contributed by atoms with E-state index in [0.717, 1.165) is 29.7 Å². The highest BCUT2D eigenvalue weighted by atomic mass is 16.2. The number of nitrogens with one attached hydrogen (secondary N) is 1. The number of aliphatic hydroxyl groups is 1. The summed E-state index contributed by atoms with van der Waals surface area (Å²) in [5.41, 5.74) is 2.67. The molecule has 1 aromatic rings. The van der Waals surface area contributed by atoms with E-state index in [9.17, 15) is 4.79 Å². The molecule has 3 nitrogen and oxygen atoms in total. The van der Waals surface area contributed by atoms with Gasteiger partial charge in [0.05, 0.1) is 12.3 Å². The Labute approximate surface area is 120 Å². The van der Waals surface area contributed by atoms with E-state index in [-0.39, 0.29) is 18.4 Å². The van der Waals surface area contributed by atoms with Crippen molar-refractivity contribution in [1.82, 2.24) is 0 Å². The number of amides is 1. The van der Waals surface area contributed by atoms with Gasteiger partial charge in [0.1, 0.15) is 0 Å². The lowest BCUT2D eigenvalue weighted by Crippen LogP contribution is -2.22. The molecule has 3 heteroatoms. The lowest BCUT2D eigenvalue weighted by atomic mass is 10.0. The van der Waals surface area contributed by atoms with E-state index in [1.165, 1.54) is 0 Å². The van der Waals surface area contributed by atoms with Crippen LogP contribution in [0.25, 0.3) is 0 Å². The van der Waals surface area contributed by atoms with Gasteiger partial charge in [-0.2, -0.15) is 0 Å². The Morgan fingerprint density at radius 1 is 1.50 bits per heavy atom. The molecule has 1 atom stereocenters. The first-order valence-corrected chi connectivity index (χ1v) is 7.13. The second kappa shape index (κ2) is 6.58. The van der Waals surface area contributed by atoms with E-state index in [2.05, 4.69) is 17.2 Å². The quantitative estimate of drug-likeness (QED) is 0.827. The second-order valence-electron chi connectivity index (χ2n) is 5.44. The van der Waals surface area contributed by atoms with Crippen molar-refractivity contribution < 1.29 is 9.90 Å². The first-order chi connectivity index (χ1) is 9.61. The molecule has 1 aromatic carbocycles. The Hall–Kier alpha value is -1.79. The molecule has 0 radical (unpaired) electrons. The summed E-state index contributed by atoms with van der Waals surface area (Å²) < 4.78 is 0. The minimum absolute atomic E-state index is 0.0548. The lowest BCUT2D eigenvalue weighted by molar-refractivity contribution is -0.119. The predicted molar refractivity (Wildman–Crippen MR) is 80.3 cm³/mol. The Kier molecular flexibility index (Phi) is 4.81. The highest BCUT2D eigenvalue weighted by molar-refractivity contribution is 5.94. The van der Waals surface area contributed by atoms with Gasteiger partial charge in [0.25, 0.3) is 0 Å². The Morgan fingerprint density at radius 2 is 2.25 bits per heavy atom. The highest BCUT2D eigenvalue weighted by Crippen LogP contribution is 2.37. The molecule has 0 heterocycles. The third-order valence-corrected chi connectivity index (χ3v) is 3.64. The summed E-state index contributed by atoms with van der Waals surface area (Å²) in [7, 11) is 0. The second-order valence-corrected chi connectivity index (χ2v) is 5.44. The lowest BCUT2D eigenvalue weighted by Gasteiger charge is -2.13. The zero-order valence-electron chi connectivity index (χ0n) is 12.1. The van der Waals surface area contributed by atoms with Crippen molar-refractivity contribution in [2.45, 2.75) is 33.1 Å². The third-order valence-electron chi connectivity index (χ3n) is 3.64. The highest BCUT2D eigenvalue weighted by Gasteiger charge is 2.32. The van der Waals surface area contributed by atoms with E-state index >= 15 is 0 Å². The summed E-state index contributed by atoms with van der Waals surface area (Å²) in [6.07, 6.45) is 2.76. The van der Waals surface area contributed by atoms with E-state index < -0.39 is 0 Å². The van der Waals surface area contributed by atoms with Crippen LogP contribution in [0.15, 0.2) is 18.2 Å². The zero-order valence-corrected chi connectivity index (χ0v) is 12.1. The summed E-state index contributed by atoms with van der Waals surface area (Å²) in [5.74, 6) is 6.58. The number of anilines is 1. The van der Waals surface area contributed by atoms with Crippen molar-refractivity contribution in [2.24, 2.45) is 11.8 Å². The molecule has 2 N–H and O–H groups in total. The van der Waals surface area contributed by atoms with Gasteiger partial charge in [-0.15, -0.1) is 0 Å². The maximum Gasteiger partial charge on any atom is 0.227 e. The number of rotatable bonds is 4. The van der Waals surface area contributed by atoms with Crippen LogP contribution in [0.2, 0.25) is 0 Å². The zero-order chi connectivity index (χ0) is 14.5. The standard InChI is InChI=1S/C17H21NO2/c1-12-6-7-15(5-3-4-10-19)16(11-12)18-17(20)13(2)14-8-9-14/h6-7,11,13-14,19H,4,8-10H2,1-2H3,(H,18,20). The van der Waals surface area contributed by atoms with Crippen LogP contribution in [-0.2, 0) is 4.79 Å². The SMILES string of the molecule is Cc1ccc(C#CCCO)c(NC(=O)C(C)C2CC2)c1. The van der Waals surface area contributed by atoms with Crippen LogP contribution < -0.4 is 5.32 Å². The van der Waals surface area contributed by atoms with Crippen molar-refractivity contribution in [3.8, 4) is 11.8 Å². The van der Waals surface area contributed by atoms with E-state index in [1.54, 1.807) is 0 Å². The largest absolute Gasteiger partial charge is 0.395 e. The number of hydrogen-bond acceptors (Lipinski definition) is 2. The smallest absolute Gasteiger partial charge is 0.227 e. The number of aryl methyl sites for hydroxylation is 1. The van der Waals surface area contributed by atoms with Gasteiger partial charge in [0.2, 0.25) is 5.91 Å². The summed E-state index contributed by atoms with van der Waals surface area (Å²) in [5, 5.41) is 11.8. The fourth-order valence-corrected chi connectivity index (χ4v) is 2.14. The topological polar surface area (TPSA) is 49.3 Å². The molecule has 1 aliphatic carbocycles. The number of carbonyl (C=O) groups excluding carboxylic acids is 1. The van der Waals surface area contributed by atoms with Crippen molar-refractivity contribution in [2.75, 3.05) is 11.9 Å². The molecule has 1 fully saturated rings. The molecule has 0 saturated heterocycles. The molecule has 0 aromatic heterocycles. The first kappa shape index (κ1) is 14.6. The van der Waals surface area contributed by atoms with Crippen LogP contribution in [0.3, 0.4) is 0 Å². The number of carbonyl (C=O) groups is 1. The van der Waals surface area contributed by atoms with Gasteiger partial charge in [-0.1, -0.05) is 24.8 Å².